The molecule has 0 aliphatic heterocycles. The molecule has 0 saturated carbocycles. The van der Waals surface area contributed by atoms with Crippen molar-refractivity contribution >= 4 is 23.0 Å². The minimum atomic E-state index is -1.00. The number of hydrogen-bond acceptors (Lipinski definition) is 9. The number of nitrogens with two attached hydrogens (primary N) is 1. The first kappa shape index (κ1) is 19.3. The van der Waals surface area contributed by atoms with Crippen molar-refractivity contribution in [3.05, 3.63) is 22.1 Å². The Bertz CT molecular complexity index is 617. The van der Waals surface area contributed by atoms with Gasteiger partial charge in [-0.15, -0.1) is 0 Å². The van der Waals surface area contributed by atoms with Gasteiger partial charge in [0, 0.05) is 4.75 Å². The van der Waals surface area contributed by atoms with Gasteiger partial charge in [0.2, 0.25) is 0 Å². The van der Waals surface area contributed by atoms with E-state index in [0.29, 0.717) is 0 Å². The number of carbonyl (C=O) groups is 2. The molecule has 1 atom stereocenters. The van der Waals surface area contributed by atoms with Gasteiger partial charge in [-0.1, -0.05) is 0 Å². The first-order valence-electron chi connectivity index (χ1n) is 6.94. The van der Waals surface area contributed by atoms with Crippen molar-refractivity contribution in [2.24, 2.45) is 5.73 Å². The van der Waals surface area contributed by atoms with E-state index in [9.17, 15) is 14.4 Å². The molecular weight excluding hydrogens is 326 g/mol. The molecule has 0 radical (unpaired) electrons. The Hall–Kier alpha value is -1.74. The van der Waals surface area contributed by atoms with Crippen LogP contribution in [0, 0.1) is 6.92 Å². The van der Waals surface area contributed by atoms with Crippen LogP contribution in [0.4, 0.5) is 4.79 Å². The van der Waals surface area contributed by atoms with Gasteiger partial charge in [-0.2, -0.15) is 0 Å². The Morgan fingerprint density at radius 2 is 1.91 bits per heavy atom. The maximum absolute atomic E-state index is 11.9. The van der Waals surface area contributed by atoms with Crippen molar-refractivity contribution in [3.63, 3.8) is 0 Å². The summed E-state index contributed by atoms with van der Waals surface area (Å²) in [5.74, 6) is -1.09. The van der Waals surface area contributed by atoms with Gasteiger partial charge in [-0.25, -0.2) is 9.59 Å². The summed E-state index contributed by atoms with van der Waals surface area (Å²) in [5, 5.41) is -0.661. The van der Waals surface area contributed by atoms with Crippen LogP contribution in [0.1, 0.15) is 39.2 Å². The molecule has 1 rings (SSSR count). The van der Waals surface area contributed by atoms with Crippen molar-refractivity contribution in [1.82, 2.24) is 0 Å². The normalized spacial score (nSPS) is 13.0. The molecule has 23 heavy (non-hydrogen) atoms. The Morgan fingerprint density at radius 1 is 1.30 bits per heavy atom. The Morgan fingerprint density at radius 3 is 2.39 bits per heavy atom. The SMILES string of the molecule is Cc1oc(=O)oc1COC(=O)SC(C)(C)[C@@H](N)C(=O)OC(C)C. The highest BCUT2D eigenvalue weighted by Gasteiger charge is 2.37. The molecule has 0 saturated heterocycles. The molecule has 2 N–H and O–H groups in total. The Kier molecular flexibility index (Phi) is 6.46. The summed E-state index contributed by atoms with van der Waals surface area (Å²) in [6, 6.07) is -1.00. The number of carbonyl (C=O) groups excluding carboxylic acids is 2. The smallest absolute Gasteiger partial charge is 0.462 e. The van der Waals surface area contributed by atoms with E-state index in [1.54, 1.807) is 27.7 Å². The van der Waals surface area contributed by atoms with Crippen LogP contribution in [0.5, 0.6) is 0 Å². The summed E-state index contributed by atoms with van der Waals surface area (Å²) in [4.78, 5) is 34.6. The molecule has 8 nitrogen and oxygen atoms in total. The van der Waals surface area contributed by atoms with E-state index >= 15 is 0 Å². The molecule has 1 heterocycles. The predicted octanol–water partition coefficient (Wildman–Crippen LogP) is 1.97. The third kappa shape index (κ3) is 5.76. The summed E-state index contributed by atoms with van der Waals surface area (Å²) in [5.41, 5.74) is 5.85. The number of esters is 1. The Balaban J connectivity index is 2.59. The van der Waals surface area contributed by atoms with Gasteiger partial charge < -0.3 is 24.0 Å². The molecule has 1 aromatic heterocycles. The molecule has 0 aliphatic rings. The fourth-order valence-corrected chi connectivity index (χ4v) is 2.30. The lowest BCUT2D eigenvalue weighted by Gasteiger charge is -2.28. The monoisotopic (exact) mass is 347 g/mol. The number of aryl methyl sites for hydroxylation is 1. The Labute approximate surface area is 137 Å². The van der Waals surface area contributed by atoms with E-state index in [1.807, 2.05) is 0 Å². The molecule has 9 heteroatoms. The second kappa shape index (κ2) is 7.69. The molecule has 1 aromatic rings. The second-order valence-electron chi connectivity index (χ2n) is 5.64. The van der Waals surface area contributed by atoms with E-state index in [4.69, 9.17) is 19.6 Å². The largest absolute Gasteiger partial charge is 0.519 e. The van der Waals surface area contributed by atoms with E-state index in [1.165, 1.54) is 6.92 Å². The maximum Gasteiger partial charge on any atom is 0.519 e. The molecule has 0 spiro atoms. The molecule has 0 amide bonds. The average molecular weight is 347 g/mol. The number of thioether (sulfide) groups is 1. The second-order valence-corrected chi connectivity index (χ2v) is 7.23. The zero-order chi connectivity index (χ0) is 17.8. The van der Waals surface area contributed by atoms with Gasteiger partial charge in [-0.3, -0.25) is 4.79 Å². The molecular formula is C14H21NO7S. The van der Waals surface area contributed by atoms with Gasteiger partial charge in [0.05, 0.1) is 6.10 Å². The number of ether oxygens (including phenoxy) is 2. The van der Waals surface area contributed by atoms with Crippen LogP contribution < -0.4 is 11.6 Å². The maximum atomic E-state index is 11.9. The summed E-state index contributed by atoms with van der Waals surface area (Å²) in [6.45, 7) is 7.96. The lowest BCUT2D eigenvalue weighted by molar-refractivity contribution is -0.149. The minimum Gasteiger partial charge on any atom is -0.462 e. The molecule has 0 aromatic carbocycles. The van der Waals surface area contributed by atoms with Gasteiger partial charge in [0.1, 0.15) is 6.04 Å². The van der Waals surface area contributed by atoms with Crippen LogP contribution in [-0.2, 0) is 20.9 Å². The van der Waals surface area contributed by atoms with Crippen LogP contribution in [0.3, 0.4) is 0 Å². The van der Waals surface area contributed by atoms with Crippen LogP contribution in [0.2, 0.25) is 0 Å². The fraction of sp³-hybridized carbons (Fsp3) is 0.643. The third-order valence-electron chi connectivity index (χ3n) is 2.86. The summed E-state index contributed by atoms with van der Waals surface area (Å²) in [7, 11) is 0. The highest BCUT2D eigenvalue weighted by Crippen LogP contribution is 2.30. The summed E-state index contributed by atoms with van der Waals surface area (Å²) < 4.78 is 18.5. The predicted molar refractivity (Wildman–Crippen MR) is 83.0 cm³/mol. The van der Waals surface area contributed by atoms with Crippen molar-refractivity contribution < 1.29 is 27.9 Å². The zero-order valence-electron chi connectivity index (χ0n) is 13.7. The first-order chi connectivity index (χ1) is 10.5. The molecule has 0 bridgehead atoms. The van der Waals surface area contributed by atoms with Gasteiger partial charge >= 0.3 is 17.1 Å². The van der Waals surface area contributed by atoms with Crippen LogP contribution in [0.15, 0.2) is 13.6 Å². The van der Waals surface area contributed by atoms with E-state index in [-0.39, 0.29) is 24.2 Å². The van der Waals surface area contributed by atoms with Crippen molar-refractivity contribution in [2.45, 2.75) is 58.1 Å². The molecule has 130 valence electrons. The zero-order valence-corrected chi connectivity index (χ0v) is 14.5. The lowest BCUT2D eigenvalue weighted by atomic mass is 10.0. The van der Waals surface area contributed by atoms with Crippen molar-refractivity contribution in [1.29, 1.82) is 0 Å². The van der Waals surface area contributed by atoms with Gasteiger partial charge in [-0.05, 0) is 46.4 Å². The highest BCUT2D eigenvalue weighted by atomic mass is 32.2. The number of hydrogen-bond donors (Lipinski definition) is 1. The topological polar surface area (TPSA) is 122 Å². The highest BCUT2D eigenvalue weighted by molar-refractivity contribution is 8.14. The lowest BCUT2D eigenvalue weighted by Crippen LogP contribution is -2.48. The van der Waals surface area contributed by atoms with Crippen molar-refractivity contribution in [3.8, 4) is 0 Å². The quantitative estimate of drug-likeness (QED) is 0.769. The van der Waals surface area contributed by atoms with Gasteiger partial charge in [0.25, 0.3) is 0 Å². The van der Waals surface area contributed by atoms with E-state index in [0.717, 1.165) is 11.8 Å². The van der Waals surface area contributed by atoms with E-state index < -0.39 is 27.9 Å². The first-order valence-corrected chi connectivity index (χ1v) is 7.76. The van der Waals surface area contributed by atoms with Gasteiger partial charge in [0.15, 0.2) is 18.1 Å². The number of rotatable bonds is 6. The van der Waals surface area contributed by atoms with Crippen molar-refractivity contribution in [2.75, 3.05) is 0 Å². The molecule has 0 unspecified atom stereocenters. The fourth-order valence-electron chi connectivity index (χ4n) is 1.53. The third-order valence-corrected chi connectivity index (χ3v) is 3.92. The van der Waals surface area contributed by atoms with Crippen LogP contribution >= 0.6 is 11.8 Å². The molecule has 0 aliphatic carbocycles. The van der Waals surface area contributed by atoms with Crippen LogP contribution in [0.25, 0.3) is 0 Å². The minimum absolute atomic E-state index is 0.130. The van der Waals surface area contributed by atoms with Crippen LogP contribution in [-0.4, -0.2) is 28.2 Å². The molecule has 0 fully saturated rings. The summed E-state index contributed by atoms with van der Waals surface area (Å²) >= 11 is 0.760. The standard InChI is InChI=1S/C14H21NO7S/c1-7(2)20-11(16)10(15)14(4,5)23-13(18)19-6-9-8(3)21-12(17)22-9/h7,10H,6,15H2,1-5H3/t10-/m0/s1. The van der Waals surface area contributed by atoms with E-state index in [2.05, 4.69) is 4.42 Å². The summed E-state index contributed by atoms with van der Waals surface area (Å²) in [6.07, 6.45) is -0.298. The average Bonchev–Trinajstić information content (AvgIpc) is 2.72.